The predicted molar refractivity (Wildman–Crippen MR) is 266 cm³/mol. The van der Waals surface area contributed by atoms with Crippen molar-refractivity contribution in [3.8, 4) is 11.5 Å². The first-order valence-electron chi connectivity index (χ1n) is 23.6. The van der Waals surface area contributed by atoms with E-state index < -0.39 is 38.1 Å². The van der Waals surface area contributed by atoms with Gasteiger partial charge < -0.3 is 32.5 Å². The van der Waals surface area contributed by atoms with E-state index in [-0.39, 0.29) is 60.5 Å². The molecule has 1 fully saturated rings. The summed E-state index contributed by atoms with van der Waals surface area (Å²) in [5.74, 6) is -0.955. The van der Waals surface area contributed by atoms with Crippen LogP contribution in [0.2, 0.25) is 18.1 Å². The average molecular weight is 978 g/mol. The summed E-state index contributed by atoms with van der Waals surface area (Å²) in [4.78, 5) is 66.6. The molecule has 1 saturated heterocycles. The van der Waals surface area contributed by atoms with E-state index in [4.69, 9.17) is 33.3 Å². The van der Waals surface area contributed by atoms with Crippen molar-refractivity contribution >= 4 is 66.0 Å². The molecule has 1 atom stereocenters. The molecule has 2 aromatic carbocycles. The highest BCUT2D eigenvalue weighted by molar-refractivity contribution is 6.74. The SMILES string of the molecule is CCn1nc(C)cc1C(=O)Nc1nc2cc(C(=O)OC)cc3c2n1C/C=C/Cn1c(NC(=O)c2cc(C)nn2CC)nc2cc(C(=O)OC)cc(c21)OCC(N1CC[C@H](O[Si](C)(C)C(C)(C)C)C1)CO3. The summed E-state index contributed by atoms with van der Waals surface area (Å²) in [6, 6.07) is 9.49. The number of aromatic nitrogens is 8. The molecule has 0 aliphatic carbocycles. The lowest BCUT2D eigenvalue weighted by Gasteiger charge is -2.38. The smallest absolute Gasteiger partial charge is 0.338 e. The second-order valence-corrected chi connectivity index (χ2v) is 23.9. The number of likely N-dealkylation sites (tertiary alicyclic amines) is 1. The Morgan fingerprint density at radius 3 is 1.60 bits per heavy atom. The highest BCUT2D eigenvalue weighted by Crippen LogP contribution is 2.39. The van der Waals surface area contributed by atoms with Gasteiger partial charge in [0.15, 0.2) is 8.32 Å². The monoisotopic (exact) mass is 977 g/mol. The van der Waals surface area contributed by atoms with E-state index >= 15 is 0 Å². The molecule has 0 radical (unpaired) electrons. The number of aryl methyl sites for hydroxylation is 4. The number of esters is 2. The minimum absolute atomic E-state index is 0.00546. The third-order valence-electron chi connectivity index (χ3n) is 13.3. The molecular weight excluding hydrogens is 915 g/mol. The fraction of sp³-hybridized carbons (Fsp3) is 0.469. The number of amides is 2. The van der Waals surface area contributed by atoms with Crippen molar-refractivity contribution in [1.29, 1.82) is 0 Å². The number of rotatable bonds is 11. The molecule has 20 nitrogen and oxygen atoms in total. The van der Waals surface area contributed by atoms with Gasteiger partial charge >= 0.3 is 11.9 Å². The molecule has 0 saturated carbocycles. The Hall–Kier alpha value is -6.84. The zero-order valence-electron chi connectivity index (χ0n) is 41.8. The van der Waals surface area contributed by atoms with Gasteiger partial charge in [0.1, 0.15) is 47.1 Å². The summed E-state index contributed by atoms with van der Waals surface area (Å²) >= 11 is 0. The number of benzene rings is 2. The summed E-state index contributed by atoms with van der Waals surface area (Å²) in [5.41, 5.74) is 4.31. The summed E-state index contributed by atoms with van der Waals surface area (Å²) in [6.45, 7) is 21.4. The molecule has 70 heavy (non-hydrogen) atoms. The third kappa shape index (κ3) is 9.95. The van der Waals surface area contributed by atoms with E-state index in [0.717, 1.165) is 6.42 Å². The van der Waals surface area contributed by atoms with Gasteiger partial charge in [0, 0.05) is 39.3 Å². The minimum Gasteiger partial charge on any atom is -0.490 e. The second-order valence-electron chi connectivity index (χ2n) is 19.2. The molecule has 8 rings (SSSR count). The fourth-order valence-electron chi connectivity index (χ4n) is 8.73. The number of hydrogen-bond acceptors (Lipinski definition) is 14. The van der Waals surface area contributed by atoms with Gasteiger partial charge in [0.2, 0.25) is 11.9 Å². The number of carbonyl (C=O) groups excluding carboxylic acids is 4. The Bertz CT molecular complexity index is 2840. The number of carbonyl (C=O) groups is 4. The molecule has 2 aliphatic heterocycles. The first-order valence-corrected chi connectivity index (χ1v) is 26.5. The fourth-order valence-corrected chi connectivity index (χ4v) is 10.1. The topological polar surface area (TPSA) is 213 Å². The molecule has 0 unspecified atom stereocenters. The van der Waals surface area contributed by atoms with Crippen LogP contribution in [-0.2, 0) is 40.1 Å². The van der Waals surface area contributed by atoms with Crippen LogP contribution in [0.1, 0.15) is 94.1 Å². The standard InChI is InChI=1S/C49H63N11O9Si/c1-12-59-37(20-29(3)54-59)43(61)52-47-50-35-22-31(45(63)65-8)24-39-41(35)57(47)17-14-15-18-58-42-36(51-48(58)53-44(62)38-21-30(4)55-60(38)13-2)23-32(46(64)66-9)25-40(42)68-28-33(27-67-39)56-19-16-34(26-56)69-70(10,11)49(5,6)7/h14-15,20-25,33-34H,12-13,16-19,26-28H2,1-11H3,(H,50,52,61)(H,51,53,62)/b15-14+/t34-/m0/s1. The summed E-state index contributed by atoms with van der Waals surface area (Å²) in [7, 11) is 0.476. The third-order valence-corrected chi connectivity index (χ3v) is 17.9. The van der Waals surface area contributed by atoms with Crippen molar-refractivity contribution in [3.63, 3.8) is 0 Å². The van der Waals surface area contributed by atoms with Crippen LogP contribution in [0.15, 0.2) is 48.6 Å². The van der Waals surface area contributed by atoms with Gasteiger partial charge in [0.05, 0.1) is 59.9 Å². The van der Waals surface area contributed by atoms with Crippen LogP contribution in [-0.4, -0.2) is 128 Å². The van der Waals surface area contributed by atoms with E-state index in [0.29, 0.717) is 82.5 Å². The molecule has 2 aliphatic rings. The summed E-state index contributed by atoms with van der Waals surface area (Å²) in [5, 5.41) is 15.0. The number of nitrogens with zero attached hydrogens (tertiary/aromatic N) is 9. The first-order chi connectivity index (χ1) is 33.3. The summed E-state index contributed by atoms with van der Waals surface area (Å²) < 4.78 is 37.8. The van der Waals surface area contributed by atoms with Crippen LogP contribution in [0, 0.1) is 13.8 Å². The van der Waals surface area contributed by atoms with E-state index in [2.05, 4.69) is 59.6 Å². The molecule has 4 aromatic heterocycles. The quantitative estimate of drug-likeness (QED) is 0.0760. The number of ether oxygens (including phenoxy) is 4. The van der Waals surface area contributed by atoms with E-state index in [1.165, 1.54) is 14.2 Å². The second kappa shape index (κ2) is 19.9. The van der Waals surface area contributed by atoms with Crippen molar-refractivity contribution in [2.24, 2.45) is 0 Å². The first kappa shape index (κ1) is 49.6. The lowest BCUT2D eigenvalue weighted by atomic mass is 10.1. The number of imidazole rings is 2. The lowest BCUT2D eigenvalue weighted by molar-refractivity contribution is 0.0591. The van der Waals surface area contributed by atoms with Crippen LogP contribution in [0.25, 0.3) is 22.1 Å². The Balaban J connectivity index is 1.27. The molecule has 6 aromatic rings. The minimum atomic E-state index is -2.14. The summed E-state index contributed by atoms with van der Waals surface area (Å²) in [6.07, 6.45) is 4.53. The molecule has 6 heterocycles. The van der Waals surface area contributed by atoms with Gasteiger partial charge in [-0.15, -0.1) is 0 Å². The van der Waals surface area contributed by atoms with Crippen molar-refractivity contribution in [1.82, 2.24) is 43.6 Å². The van der Waals surface area contributed by atoms with E-state index in [9.17, 15) is 19.2 Å². The molecule has 0 bridgehead atoms. The number of methoxy groups -OCH3 is 2. The Kier molecular flexibility index (Phi) is 14.1. The molecule has 21 heteroatoms. The largest absolute Gasteiger partial charge is 0.490 e. The predicted octanol–water partition coefficient (Wildman–Crippen LogP) is 7.01. The average Bonchev–Trinajstić information content (AvgIpc) is 4.16. The zero-order valence-corrected chi connectivity index (χ0v) is 42.8. The molecule has 372 valence electrons. The molecular formula is C49H63N11O9Si. The van der Waals surface area contributed by atoms with Crippen LogP contribution in [0.4, 0.5) is 11.9 Å². The number of hydrogen-bond donors (Lipinski definition) is 2. The van der Waals surface area contributed by atoms with Crippen molar-refractivity contribution < 1.29 is 42.6 Å². The molecule has 2 amide bonds. The lowest BCUT2D eigenvalue weighted by Crippen LogP contribution is -2.46. The van der Waals surface area contributed by atoms with Gasteiger partial charge in [-0.2, -0.15) is 10.2 Å². The van der Waals surface area contributed by atoms with Gasteiger partial charge in [-0.25, -0.2) is 19.6 Å². The zero-order chi connectivity index (χ0) is 50.2. The number of nitrogens with one attached hydrogen (secondary N) is 2. The number of allylic oxidation sites excluding steroid dienone is 2. The van der Waals surface area contributed by atoms with Crippen LogP contribution in [0.5, 0.6) is 11.5 Å². The van der Waals surface area contributed by atoms with E-state index in [1.54, 1.807) is 45.8 Å². The van der Waals surface area contributed by atoms with Crippen molar-refractivity contribution in [3.05, 3.63) is 82.5 Å². The Morgan fingerprint density at radius 1 is 0.729 bits per heavy atom. The molecule has 2 N–H and O–H groups in total. The van der Waals surface area contributed by atoms with Gasteiger partial charge in [-0.05, 0) is 88.6 Å². The van der Waals surface area contributed by atoms with Gasteiger partial charge in [-0.1, -0.05) is 32.9 Å². The Morgan fingerprint density at radius 2 is 1.19 bits per heavy atom. The maximum Gasteiger partial charge on any atom is 0.338 e. The number of anilines is 2. The highest BCUT2D eigenvalue weighted by Gasteiger charge is 2.41. The Labute approximate surface area is 407 Å². The maximum atomic E-state index is 14.0. The van der Waals surface area contributed by atoms with Gasteiger partial charge in [-0.3, -0.25) is 34.5 Å². The maximum absolute atomic E-state index is 14.0. The van der Waals surface area contributed by atoms with Gasteiger partial charge in [0.25, 0.3) is 11.8 Å². The van der Waals surface area contributed by atoms with Crippen LogP contribution in [0.3, 0.4) is 0 Å². The normalized spacial score (nSPS) is 16.6. The van der Waals surface area contributed by atoms with Crippen molar-refractivity contribution in [2.75, 3.05) is 51.2 Å². The van der Waals surface area contributed by atoms with Crippen molar-refractivity contribution in [2.45, 2.75) is 111 Å². The highest BCUT2D eigenvalue weighted by atomic mass is 28.4. The van der Waals surface area contributed by atoms with Crippen LogP contribution >= 0.6 is 0 Å². The molecule has 0 spiro atoms. The van der Waals surface area contributed by atoms with Crippen LogP contribution < -0.4 is 20.1 Å². The van der Waals surface area contributed by atoms with E-state index in [1.807, 2.05) is 49.0 Å².